The molecular weight excluding hydrogens is 190 g/mol. The van der Waals surface area contributed by atoms with Crippen LogP contribution >= 0.6 is 0 Å². The number of hydrogen-bond acceptors (Lipinski definition) is 2. The Morgan fingerprint density at radius 2 is 1.80 bits per heavy atom. The number of likely N-dealkylation sites (tertiary alicyclic amines) is 1. The summed E-state index contributed by atoms with van der Waals surface area (Å²) in [7, 11) is 0. The minimum atomic E-state index is 0.175. The number of nitrogens with zero attached hydrogens (tertiary/aromatic N) is 1. The fraction of sp³-hybridized carbons (Fsp3) is 0.909. The lowest BCUT2D eigenvalue weighted by Crippen LogP contribution is -2.45. The molecule has 2 N–H and O–H groups in total. The van der Waals surface area contributed by atoms with Crippen molar-refractivity contribution in [3.63, 3.8) is 0 Å². The van der Waals surface area contributed by atoms with E-state index in [0.717, 1.165) is 38.0 Å². The molecule has 2 saturated heterocycles. The van der Waals surface area contributed by atoms with Crippen molar-refractivity contribution in [2.45, 2.75) is 25.3 Å². The smallest absolute Gasteiger partial charge is 0.317 e. The van der Waals surface area contributed by atoms with Gasteiger partial charge in [-0.25, -0.2) is 4.79 Å². The molecule has 0 aromatic rings. The van der Waals surface area contributed by atoms with E-state index in [1.165, 1.54) is 19.3 Å². The molecule has 0 radical (unpaired) electrons. The van der Waals surface area contributed by atoms with Crippen molar-refractivity contribution >= 4 is 6.03 Å². The zero-order valence-electron chi connectivity index (χ0n) is 9.04. The molecule has 3 fully saturated rings. The van der Waals surface area contributed by atoms with Gasteiger partial charge >= 0.3 is 6.03 Å². The molecule has 0 aromatic carbocycles. The van der Waals surface area contributed by atoms with Gasteiger partial charge < -0.3 is 15.5 Å². The van der Waals surface area contributed by atoms with Crippen molar-refractivity contribution < 1.29 is 4.79 Å². The second-order valence-corrected chi connectivity index (χ2v) is 5.01. The molecule has 1 aliphatic carbocycles. The summed E-state index contributed by atoms with van der Waals surface area (Å²) in [5, 5.41) is 6.51. The number of hydrogen-bond donors (Lipinski definition) is 2. The van der Waals surface area contributed by atoms with Crippen LogP contribution < -0.4 is 10.6 Å². The summed E-state index contributed by atoms with van der Waals surface area (Å²) in [5.74, 6) is 1.44. The van der Waals surface area contributed by atoms with Gasteiger partial charge in [-0.3, -0.25) is 0 Å². The van der Waals surface area contributed by atoms with Crippen LogP contribution in [0.4, 0.5) is 4.79 Å². The highest BCUT2D eigenvalue weighted by molar-refractivity contribution is 5.75. The monoisotopic (exact) mass is 209 g/mol. The normalized spacial score (nSPS) is 38.7. The number of rotatable bonds is 1. The Kier molecular flexibility index (Phi) is 2.31. The third kappa shape index (κ3) is 1.71. The summed E-state index contributed by atoms with van der Waals surface area (Å²) in [4.78, 5) is 13.9. The van der Waals surface area contributed by atoms with E-state index in [2.05, 4.69) is 10.6 Å². The average molecular weight is 209 g/mol. The lowest BCUT2D eigenvalue weighted by atomic mass is 10.1. The standard InChI is InChI=1S/C11H19N3O/c15-11(14-4-2-1-3-5-14)13-10-8-6-12-7-9(8)10/h8-10,12H,1-7H2,(H,13,15). The molecular formula is C11H19N3O. The van der Waals surface area contributed by atoms with Crippen molar-refractivity contribution in [1.29, 1.82) is 0 Å². The Morgan fingerprint density at radius 3 is 2.47 bits per heavy atom. The number of carbonyl (C=O) groups excluding carboxylic acids is 1. The number of fused-ring (bicyclic) bond motifs is 1. The van der Waals surface area contributed by atoms with Crippen LogP contribution in [0, 0.1) is 11.8 Å². The highest BCUT2D eigenvalue weighted by Gasteiger charge is 2.53. The Hall–Kier alpha value is -0.770. The number of amides is 2. The first kappa shape index (κ1) is 9.46. The average Bonchev–Trinajstić information content (AvgIpc) is 2.75. The summed E-state index contributed by atoms with van der Waals surface area (Å²) < 4.78 is 0. The Morgan fingerprint density at radius 1 is 1.13 bits per heavy atom. The van der Waals surface area contributed by atoms with Crippen LogP contribution in [-0.2, 0) is 0 Å². The topological polar surface area (TPSA) is 44.4 Å². The number of carbonyl (C=O) groups is 1. The third-order valence-corrected chi connectivity index (χ3v) is 4.03. The van der Waals surface area contributed by atoms with Crippen molar-refractivity contribution in [3.05, 3.63) is 0 Å². The first-order valence-electron chi connectivity index (χ1n) is 6.12. The Labute approximate surface area is 90.4 Å². The van der Waals surface area contributed by atoms with Crippen molar-refractivity contribution in [2.24, 2.45) is 11.8 Å². The zero-order valence-corrected chi connectivity index (χ0v) is 9.04. The van der Waals surface area contributed by atoms with Crippen LogP contribution in [0.2, 0.25) is 0 Å². The molecule has 0 spiro atoms. The van der Waals surface area contributed by atoms with Crippen LogP contribution in [0.25, 0.3) is 0 Å². The molecule has 0 bridgehead atoms. The van der Waals surface area contributed by atoms with Gasteiger partial charge in [-0.15, -0.1) is 0 Å². The Balaban J connectivity index is 1.49. The lowest BCUT2D eigenvalue weighted by molar-refractivity contribution is 0.185. The quantitative estimate of drug-likeness (QED) is 0.656. The first-order chi connectivity index (χ1) is 7.36. The Bertz CT molecular complexity index is 253. The van der Waals surface area contributed by atoms with E-state index >= 15 is 0 Å². The van der Waals surface area contributed by atoms with E-state index in [0.29, 0.717) is 6.04 Å². The van der Waals surface area contributed by atoms with Crippen molar-refractivity contribution in [2.75, 3.05) is 26.2 Å². The fourth-order valence-electron chi connectivity index (χ4n) is 2.96. The van der Waals surface area contributed by atoms with Crippen molar-refractivity contribution in [1.82, 2.24) is 15.5 Å². The second-order valence-electron chi connectivity index (χ2n) is 5.01. The highest BCUT2D eigenvalue weighted by Crippen LogP contribution is 2.41. The summed E-state index contributed by atoms with van der Waals surface area (Å²) in [6, 6.07) is 0.648. The minimum absolute atomic E-state index is 0.175. The SMILES string of the molecule is O=C(NC1C2CNCC21)N1CCCCC1. The molecule has 2 amide bonds. The maximum atomic E-state index is 11.9. The van der Waals surface area contributed by atoms with E-state index in [4.69, 9.17) is 0 Å². The molecule has 84 valence electrons. The second kappa shape index (κ2) is 3.67. The molecule has 4 heteroatoms. The lowest BCUT2D eigenvalue weighted by Gasteiger charge is -2.27. The van der Waals surface area contributed by atoms with E-state index in [-0.39, 0.29) is 6.03 Å². The van der Waals surface area contributed by atoms with Crippen LogP contribution in [0.15, 0.2) is 0 Å². The van der Waals surface area contributed by atoms with Crippen LogP contribution in [0.5, 0.6) is 0 Å². The molecule has 1 saturated carbocycles. The summed E-state index contributed by atoms with van der Waals surface area (Å²) in [6.07, 6.45) is 3.63. The molecule has 15 heavy (non-hydrogen) atoms. The summed E-state index contributed by atoms with van der Waals surface area (Å²) in [5.41, 5.74) is 0. The van der Waals surface area contributed by atoms with E-state index in [1.807, 2.05) is 4.90 Å². The van der Waals surface area contributed by atoms with Crippen LogP contribution in [-0.4, -0.2) is 43.2 Å². The van der Waals surface area contributed by atoms with Gasteiger partial charge in [0.1, 0.15) is 0 Å². The fourth-order valence-corrected chi connectivity index (χ4v) is 2.96. The first-order valence-corrected chi connectivity index (χ1v) is 6.12. The molecule has 0 aromatic heterocycles. The predicted molar refractivity (Wildman–Crippen MR) is 57.6 cm³/mol. The van der Waals surface area contributed by atoms with Gasteiger partial charge in [0.25, 0.3) is 0 Å². The summed E-state index contributed by atoms with van der Waals surface area (Å²) >= 11 is 0. The maximum Gasteiger partial charge on any atom is 0.317 e. The van der Waals surface area contributed by atoms with Gasteiger partial charge in [0.05, 0.1) is 0 Å². The van der Waals surface area contributed by atoms with Gasteiger partial charge in [-0.2, -0.15) is 0 Å². The molecule has 3 aliphatic rings. The van der Waals surface area contributed by atoms with Crippen LogP contribution in [0.1, 0.15) is 19.3 Å². The van der Waals surface area contributed by atoms with Gasteiger partial charge in [0.2, 0.25) is 0 Å². The van der Waals surface area contributed by atoms with Crippen molar-refractivity contribution in [3.8, 4) is 0 Å². The van der Waals surface area contributed by atoms with Gasteiger partial charge in [-0.1, -0.05) is 0 Å². The van der Waals surface area contributed by atoms with E-state index in [9.17, 15) is 4.79 Å². The molecule has 2 atom stereocenters. The number of nitrogens with one attached hydrogen (secondary N) is 2. The molecule has 4 nitrogen and oxygen atoms in total. The zero-order chi connectivity index (χ0) is 10.3. The number of urea groups is 1. The maximum absolute atomic E-state index is 11.9. The number of piperidine rings is 2. The van der Waals surface area contributed by atoms with E-state index in [1.54, 1.807) is 0 Å². The minimum Gasteiger partial charge on any atom is -0.335 e. The molecule has 2 heterocycles. The molecule has 3 rings (SSSR count). The van der Waals surface area contributed by atoms with Crippen LogP contribution in [0.3, 0.4) is 0 Å². The van der Waals surface area contributed by atoms with E-state index < -0.39 is 0 Å². The third-order valence-electron chi connectivity index (χ3n) is 4.03. The van der Waals surface area contributed by atoms with Gasteiger partial charge in [-0.05, 0) is 31.1 Å². The largest absolute Gasteiger partial charge is 0.335 e. The summed E-state index contributed by atoms with van der Waals surface area (Å²) in [6.45, 7) is 4.09. The highest BCUT2D eigenvalue weighted by atomic mass is 16.2. The molecule has 2 unspecified atom stereocenters. The molecule has 2 aliphatic heterocycles. The van der Waals surface area contributed by atoms with Gasteiger partial charge in [0, 0.05) is 32.2 Å². The van der Waals surface area contributed by atoms with Gasteiger partial charge in [0.15, 0.2) is 0 Å². The predicted octanol–water partition coefficient (Wildman–Crippen LogP) is 0.400.